The summed E-state index contributed by atoms with van der Waals surface area (Å²) in [4.78, 5) is 21.4. The molecule has 0 spiro atoms. The molecule has 2 rings (SSSR count). The smallest absolute Gasteiger partial charge is 0.343 e. The SMILES string of the molecule is COC(=O)COc1ccccc1Oc1cc(F)ccc1[N+](=O)[O-]. The summed E-state index contributed by atoms with van der Waals surface area (Å²) >= 11 is 0. The van der Waals surface area contributed by atoms with Crippen molar-refractivity contribution >= 4 is 11.7 Å². The van der Waals surface area contributed by atoms with Crippen molar-refractivity contribution in [1.29, 1.82) is 0 Å². The van der Waals surface area contributed by atoms with Crippen LogP contribution in [0, 0.1) is 15.9 Å². The molecule has 0 aliphatic rings. The third kappa shape index (κ3) is 4.16. The number of hydrogen-bond acceptors (Lipinski definition) is 6. The van der Waals surface area contributed by atoms with Crippen molar-refractivity contribution in [3.63, 3.8) is 0 Å². The number of hydrogen-bond donors (Lipinski definition) is 0. The van der Waals surface area contributed by atoms with Crippen LogP contribution in [0.4, 0.5) is 10.1 Å². The van der Waals surface area contributed by atoms with E-state index < -0.39 is 22.4 Å². The van der Waals surface area contributed by atoms with E-state index in [1.165, 1.54) is 19.2 Å². The van der Waals surface area contributed by atoms with E-state index in [0.717, 1.165) is 18.2 Å². The van der Waals surface area contributed by atoms with Crippen molar-refractivity contribution in [1.82, 2.24) is 0 Å². The van der Waals surface area contributed by atoms with Crippen LogP contribution in [-0.2, 0) is 9.53 Å². The lowest BCUT2D eigenvalue weighted by Gasteiger charge is -2.11. The molecule has 0 unspecified atom stereocenters. The molecule has 0 atom stereocenters. The number of para-hydroxylation sites is 2. The third-order valence-corrected chi connectivity index (χ3v) is 2.76. The second-order valence-electron chi connectivity index (χ2n) is 4.28. The molecule has 0 N–H and O–H groups in total. The summed E-state index contributed by atoms with van der Waals surface area (Å²) in [6, 6.07) is 9.07. The van der Waals surface area contributed by atoms with Gasteiger partial charge in [0.15, 0.2) is 18.1 Å². The Bertz CT molecular complexity index is 734. The van der Waals surface area contributed by atoms with Gasteiger partial charge in [0.05, 0.1) is 12.0 Å². The zero-order valence-electron chi connectivity index (χ0n) is 12.0. The Morgan fingerprint density at radius 2 is 1.87 bits per heavy atom. The number of benzene rings is 2. The molecule has 0 aliphatic heterocycles. The van der Waals surface area contributed by atoms with Gasteiger partial charge in [-0.3, -0.25) is 10.1 Å². The number of carbonyl (C=O) groups is 1. The Balaban J connectivity index is 2.28. The van der Waals surface area contributed by atoms with Gasteiger partial charge in [0.25, 0.3) is 0 Å². The molecule has 0 saturated carbocycles. The first-order valence-corrected chi connectivity index (χ1v) is 6.41. The minimum atomic E-state index is -0.688. The van der Waals surface area contributed by atoms with Crippen LogP contribution in [0.25, 0.3) is 0 Å². The van der Waals surface area contributed by atoms with Gasteiger partial charge in [0, 0.05) is 12.1 Å². The average Bonchev–Trinajstić information content (AvgIpc) is 2.53. The quantitative estimate of drug-likeness (QED) is 0.461. The highest BCUT2D eigenvalue weighted by molar-refractivity contribution is 5.71. The third-order valence-electron chi connectivity index (χ3n) is 2.76. The lowest BCUT2D eigenvalue weighted by Crippen LogP contribution is -2.12. The van der Waals surface area contributed by atoms with Crippen molar-refractivity contribution in [3.05, 3.63) is 58.4 Å². The van der Waals surface area contributed by atoms with E-state index in [-0.39, 0.29) is 23.9 Å². The highest BCUT2D eigenvalue weighted by Crippen LogP contribution is 2.36. The van der Waals surface area contributed by atoms with Crippen LogP contribution in [-0.4, -0.2) is 24.6 Å². The molecule has 0 bridgehead atoms. The molecule has 2 aromatic rings. The summed E-state index contributed by atoms with van der Waals surface area (Å²) < 4.78 is 28.4. The fourth-order valence-corrected chi connectivity index (χ4v) is 1.69. The molecule has 8 heteroatoms. The van der Waals surface area contributed by atoms with E-state index in [9.17, 15) is 19.3 Å². The van der Waals surface area contributed by atoms with Crippen molar-refractivity contribution in [2.45, 2.75) is 0 Å². The van der Waals surface area contributed by atoms with Crippen molar-refractivity contribution in [2.75, 3.05) is 13.7 Å². The van der Waals surface area contributed by atoms with Gasteiger partial charge in [-0.2, -0.15) is 0 Å². The summed E-state index contributed by atoms with van der Waals surface area (Å²) in [7, 11) is 1.21. The standard InChI is InChI=1S/C15H12FNO6/c1-21-15(18)9-22-12-4-2-3-5-13(12)23-14-8-10(16)6-7-11(14)17(19)20/h2-8H,9H2,1H3. The number of ether oxygens (including phenoxy) is 3. The monoisotopic (exact) mass is 321 g/mol. The second-order valence-corrected chi connectivity index (χ2v) is 4.28. The summed E-state index contributed by atoms with van der Waals surface area (Å²) in [5.74, 6) is -1.29. The molecule has 0 radical (unpaired) electrons. The van der Waals surface area contributed by atoms with Gasteiger partial charge in [-0.15, -0.1) is 0 Å². The Morgan fingerprint density at radius 1 is 1.17 bits per heavy atom. The molecular formula is C15H12FNO6. The summed E-state index contributed by atoms with van der Waals surface area (Å²) in [5.41, 5.74) is -0.394. The first-order chi connectivity index (χ1) is 11.0. The number of nitro benzene ring substituents is 1. The van der Waals surface area contributed by atoms with E-state index in [1.807, 2.05) is 0 Å². The predicted molar refractivity (Wildman–Crippen MR) is 77.1 cm³/mol. The average molecular weight is 321 g/mol. The normalized spacial score (nSPS) is 10.0. The summed E-state index contributed by atoms with van der Waals surface area (Å²) in [6.45, 7) is -0.359. The van der Waals surface area contributed by atoms with Gasteiger partial charge in [-0.1, -0.05) is 12.1 Å². The molecule has 0 saturated heterocycles. The van der Waals surface area contributed by atoms with Gasteiger partial charge in [0.2, 0.25) is 5.75 Å². The maximum absolute atomic E-state index is 13.3. The summed E-state index contributed by atoms with van der Waals surface area (Å²) in [6.07, 6.45) is 0. The zero-order valence-corrected chi connectivity index (χ0v) is 12.0. The van der Waals surface area contributed by atoms with Crippen LogP contribution >= 0.6 is 0 Å². The number of esters is 1. The van der Waals surface area contributed by atoms with Crippen LogP contribution in [0.2, 0.25) is 0 Å². The maximum atomic E-state index is 13.3. The number of rotatable bonds is 6. The molecule has 0 heterocycles. The Morgan fingerprint density at radius 3 is 2.52 bits per heavy atom. The number of nitro groups is 1. The van der Waals surface area contributed by atoms with E-state index >= 15 is 0 Å². The van der Waals surface area contributed by atoms with Crippen LogP contribution in [0.5, 0.6) is 17.2 Å². The molecule has 0 amide bonds. The highest BCUT2D eigenvalue weighted by atomic mass is 19.1. The summed E-state index contributed by atoms with van der Waals surface area (Å²) in [5, 5.41) is 11.0. The molecule has 23 heavy (non-hydrogen) atoms. The lowest BCUT2D eigenvalue weighted by molar-refractivity contribution is -0.385. The molecule has 0 aliphatic carbocycles. The number of halogens is 1. The molecule has 120 valence electrons. The van der Waals surface area contributed by atoms with E-state index in [1.54, 1.807) is 12.1 Å². The molecule has 7 nitrogen and oxygen atoms in total. The largest absolute Gasteiger partial charge is 0.478 e. The minimum Gasteiger partial charge on any atom is -0.478 e. The maximum Gasteiger partial charge on any atom is 0.343 e. The van der Waals surface area contributed by atoms with Crippen LogP contribution in [0.1, 0.15) is 0 Å². The molecule has 2 aromatic carbocycles. The molecular weight excluding hydrogens is 309 g/mol. The lowest BCUT2D eigenvalue weighted by atomic mass is 10.2. The van der Waals surface area contributed by atoms with Crippen molar-refractivity contribution in [3.8, 4) is 17.2 Å². The molecule has 0 aromatic heterocycles. The fourth-order valence-electron chi connectivity index (χ4n) is 1.69. The number of methoxy groups -OCH3 is 1. The second kappa shape index (κ2) is 7.21. The number of carbonyl (C=O) groups excluding carboxylic acids is 1. The van der Waals surface area contributed by atoms with Gasteiger partial charge in [-0.25, -0.2) is 9.18 Å². The van der Waals surface area contributed by atoms with Crippen LogP contribution < -0.4 is 9.47 Å². The fraction of sp³-hybridized carbons (Fsp3) is 0.133. The zero-order chi connectivity index (χ0) is 16.8. The Hall–Kier alpha value is -3.16. The minimum absolute atomic E-state index is 0.102. The van der Waals surface area contributed by atoms with Gasteiger partial charge in [0.1, 0.15) is 5.82 Å². The first-order valence-electron chi connectivity index (χ1n) is 6.41. The van der Waals surface area contributed by atoms with Gasteiger partial charge >= 0.3 is 11.7 Å². The highest BCUT2D eigenvalue weighted by Gasteiger charge is 2.18. The predicted octanol–water partition coefficient (Wildman–Crippen LogP) is 3.08. The van der Waals surface area contributed by atoms with Crippen LogP contribution in [0.3, 0.4) is 0 Å². The number of nitrogens with zero attached hydrogens (tertiary/aromatic N) is 1. The topological polar surface area (TPSA) is 87.9 Å². The van der Waals surface area contributed by atoms with Gasteiger partial charge < -0.3 is 14.2 Å². The van der Waals surface area contributed by atoms with Crippen molar-refractivity contribution < 1.29 is 28.3 Å². The van der Waals surface area contributed by atoms with Crippen molar-refractivity contribution in [2.24, 2.45) is 0 Å². The Kier molecular flexibility index (Phi) is 5.08. The Labute approximate surface area is 130 Å². The van der Waals surface area contributed by atoms with Crippen LogP contribution in [0.15, 0.2) is 42.5 Å². The molecule has 0 fully saturated rings. The van der Waals surface area contributed by atoms with Gasteiger partial charge in [-0.05, 0) is 18.2 Å². The first kappa shape index (κ1) is 16.2. The van der Waals surface area contributed by atoms with E-state index in [0.29, 0.717) is 0 Å². The van der Waals surface area contributed by atoms with E-state index in [2.05, 4.69) is 4.74 Å². The van der Waals surface area contributed by atoms with E-state index in [4.69, 9.17) is 9.47 Å².